The molecule has 0 aliphatic heterocycles. The minimum atomic E-state index is -0.267. The molecule has 0 saturated heterocycles. The van der Waals surface area contributed by atoms with Crippen LogP contribution in [0, 0.1) is 28.5 Å². The lowest BCUT2D eigenvalue weighted by molar-refractivity contribution is 0.218. The van der Waals surface area contributed by atoms with Crippen molar-refractivity contribution in [1.82, 2.24) is 0 Å². The van der Waals surface area contributed by atoms with Crippen LogP contribution >= 0.6 is 11.3 Å². The van der Waals surface area contributed by atoms with Crippen molar-refractivity contribution in [3.8, 4) is 11.8 Å². The molecule has 0 saturated carbocycles. The van der Waals surface area contributed by atoms with Gasteiger partial charge in [-0.15, -0.1) is 11.3 Å². The van der Waals surface area contributed by atoms with Crippen LogP contribution in [0.1, 0.15) is 54.3 Å². The molecule has 0 fully saturated rings. The summed E-state index contributed by atoms with van der Waals surface area (Å²) >= 11 is 1.66. The summed E-state index contributed by atoms with van der Waals surface area (Å²) in [6, 6.07) is 16.5. The average Bonchev–Trinajstić information content (AvgIpc) is 3.14. The Kier molecular flexibility index (Phi) is 6.43. The number of thiophene rings is 1. The van der Waals surface area contributed by atoms with Gasteiger partial charge in [-0.1, -0.05) is 39.0 Å². The van der Waals surface area contributed by atoms with Crippen molar-refractivity contribution in [2.45, 2.75) is 46.6 Å². The summed E-state index contributed by atoms with van der Waals surface area (Å²) in [5.74, 6) is 1.04. The minimum absolute atomic E-state index is 0.182. The number of hydrogen-bond donors (Lipinski definition) is 0. The summed E-state index contributed by atoms with van der Waals surface area (Å²) in [4.78, 5) is 5.97. The molecule has 3 aromatic rings. The van der Waals surface area contributed by atoms with E-state index < -0.39 is 0 Å². The van der Waals surface area contributed by atoms with Crippen molar-refractivity contribution in [2.24, 2.45) is 16.3 Å². The molecular formula is C27H27FN2OS. The van der Waals surface area contributed by atoms with E-state index in [-0.39, 0.29) is 17.8 Å². The molecule has 32 heavy (non-hydrogen) atoms. The van der Waals surface area contributed by atoms with Gasteiger partial charge in [0.15, 0.2) is 0 Å². The molecule has 164 valence electrons. The molecule has 0 unspecified atom stereocenters. The first-order valence-electron chi connectivity index (χ1n) is 10.9. The molecule has 5 heteroatoms. The van der Waals surface area contributed by atoms with Crippen LogP contribution in [0.25, 0.3) is 0 Å². The number of rotatable bonds is 5. The molecule has 4 rings (SSSR count). The van der Waals surface area contributed by atoms with Gasteiger partial charge in [0.1, 0.15) is 29.2 Å². The summed E-state index contributed by atoms with van der Waals surface area (Å²) in [5, 5.41) is 10.5. The van der Waals surface area contributed by atoms with E-state index in [2.05, 4.69) is 31.8 Å². The number of hydrogen-bond acceptors (Lipinski definition) is 4. The zero-order valence-corrected chi connectivity index (χ0v) is 19.5. The second-order valence-corrected chi connectivity index (χ2v) is 10.4. The normalized spacial score (nSPS) is 16.0. The lowest BCUT2D eigenvalue weighted by Crippen LogP contribution is -2.26. The number of nitriles is 1. The molecular weight excluding hydrogens is 419 g/mol. The van der Waals surface area contributed by atoms with E-state index in [0.717, 1.165) is 35.4 Å². The number of nitrogens with zero attached hydrogens (tertiary/aromatic N) is 2. The van der Waals surface area contributed by atoms with Gasteiger partial charge in [-0.3, -0.25) is 0 Å². The van der Waals surface area contributed by atoms with Crippen molar-refractivity contribution in [3.63, 3.8) is 0 Å². The van der Waals surface area contributed by atoms with E-state index in [1.807, 2.05) is 24.3 Å². The van der Waals surface area contributed by atoms with Crippen LogP contribution < -0.4 is 4.74 Å². The molecule has 3 nitrogen and oxygen atoms in total. The van der Waals surface area contributed by atoms with Gasteiger partial charge in [0.25, 0.3) is 0 Å². The summed E-state index contributed by atoms with van der Waals surface area (Å²) in [6.45, 7) is 7.07. The number of fused-ring (bicyclic) bond motifs is 1. The van der Waals surface area contributed by atoms with Crippen LogP contribution in [0.5, 0.6) is 5.75 Å². The lowest BCUT2D eigenvalue weighted by atomic mass is 9.72. The first-order chi connectivity index (χ1) is 15.3. The van der Waals surface area contributed by atoms with Crippen LogP contribution in [0.4, 0.5) is 9.39 Å². The second-order valence-electron chi connectivity index (χ2n) is 9.31. The zero-order valence-electron chi connectivity index (χ0n) is 18.7. The van der Waals surface area contributed by atoms with Crippen LogP contribution in [-0.2, 0) is 19.4 Å². The topological polar surface area (TPSA) is 45.4 Å². The van der Waals surface area contributed by atoms with Gasteiger partial charge in [-0.2, -0.15) is 5.26 Å². The monoisotopic (exact) mass is 446 g/mol. The third-order valence-electron chi connectivity index (χ3n) is 6.15. The fourth-order valence-electron chi connectivity index (χ4n) is 4.08. The Morgan fingerprint density at radius 1 is 1.19 bits per heavy atom. The second kappa shape index (κ2) is 9.26. The summed E-state index contributed by atoms with van der Waals surface area (Å²) in [7, 11) is 0. The van der Waals surface area contributed by atoms with E-state index in [4.69, 9.17) is 4.74 Å². The van der Waals surface area contributed by atoms with Gasteiger partial charge in [-0.25, -0.2) is 9.38 Å². The Bertz CT molecular complexity index is 1170. The first-order valence-corrected chi connectivity index (χ1v) is 11.7. The largest absolute Gasteiger partial charge is 0.489 e. The molecule has 0 radical (unpaired) electrons. The van der Waals surface area contributed by atoms with Crippen molar-refractivity contribution in [3.05, 3.63) is 81.5 Å². The van der Waals surface area contributed by atoms with Crippen molar-refractivity contribution < 1.29 is 9.13 Å². The molecule has 1 heterocycles. The van der Waals surface area contributed by atoms with E-state index in [1.165, 1.54) is 16.5 Å². The molecule has 0 bridgehead atoms. The molecule has 1 atom stereocenters. The molecule has 1 aliphatic rings. The van der Waals surface area contributed by atoms with Crippen LogP contribution in [0.15, 0.2) is 53.5 Å². The Morgan fingerprint density at radius 3 is 2.62 bits per heavy atom. The maximum atomic E-state index is 13.7. The number of aliphatic imine (C=N–C) groups is 1. The van der Waals surface area contributed by atoms with E-state index in [0.29, 0.717) is 17.2 Å². The summed E-state index contributed by atoms with van der Waals surface area (Å²) in [5.41, 5.74) is 3.65. The van der Waals surface area contributed by atoms with Crippen LogP contribution in [0.3, 0.4) is 0 Å². The molecule has 0 spiro atoms. The van der Waals surface area contributed by atoms with E-state index in [1.54, 1.807) is 35.8 Å². The third kappa shape index (κ3) is 4.92. The fourth-order valence-corrected chi connectivity index (χ4v) is 5.30. The Hall–Kier alpha value is -2.97. The van der Waals surface area contributed by atoms with Gasteiger partial charge in [0, 0.05) is 16.7 Å². The first kappa shape index (κ1) is 22.2. The summed E-state index contributed by atoms with van der Waals surface area (Å²) in [6.07, 6.45) is 4.90. The van der Waals surface area contributed by atoms with Crippen molar-refractivity contribution >= 4 is 22.6 Å². The highest BCUT2D eigenvalue weighted by Gasteiger charge is 2.32. The molecule has 1 aromatic heterocycles. The number of benzene rings is 2. The minimum Gasteiger partial charge on any atom is -0.489 e. The van der Waals surface area contributed by atoms with E-state index in [9.17, 15) is 9.65 Å². The molecule has 0 N–H and O–H groups in total. The zero-order chi connectivity index (χ0) is 22.7. The Morgan fingerprint density at radius 2 is 1.94 bits per heavy atom. The van der Waals surface area contributed by atoms with Gasteiger partial charge >= 0.3 is 0 Å². The quantitative estimate of drug-likeness (QED) is 0.388. The van der Waals surface area contributed by atoms with Gasteiger partial charge in [-0.05, 0) is 72.1 Å². The maximum absolute atomic E-state index is 13.7. The highest BCUT2D eigenvalue weighted by Crippen LogP contribution is 2.44. The van der Waals surface area contributed by atoms with Gasteiger partial charge in [0.05, 0.1) is 5.56 Å². The standard InChI is InChI=1S/C27H27FN2OS/c1-27(2,3)20-10-13-22-23(15-29)26(32-25(22)14-20)30-16-18-8-11-21(12-9-18)31-17-19-6-4-5-7-24(19)28/h4-9,11-12,16,20H,10,13-14,17H2,1-3H3/t20-/m0/s1. The van der Waals surface area contributed by atoms with Crippen LogP contribution in [0.2, 0.25) is 0 Å². The summed E-state index contributed by atoms with van der Waals surface area (Å²) < 4.78 is 19.4. The third-order valence-corrected chi connectivity index (χ3v) is 7.31. The fraction of sp³-hybridized carbons (Fsp3) is 0.333. The number of halogens is 1. The Labute approximate surface area is 193 Å². The van der Waals surface area contributed by atoms with Crippen LogP contribution in [-0.4, -0.2) is 6.21 Å². The predicted molar refractivity (Wildman–Crippen MR) is 128 cm³/mol. The smallest absolute Gasteiger partial charge is 0.134 e. The highest BCUT2D eigenvalue weighted by molar-refractivity contribution is 7.16. The van der Waals surface area contributed by atoms with Crippen molar-refractivity contribution in [1.29, 1.82) is 5.26 Å². The molecule has 1 aliphatic carbocycles. The molecule has 0 amide bonds. The average molecular weight is 447 g/mol. The number of ether oxygens (including phenoxy) is 1. The highest BCUT2D eigenvalue weighted by atomic mass is 32.1. The van der Waals surface area contributed by atoms with E-state index >= 15 is 0 Å². The lowest BCUT2D eigenvalue weighted by Gasteiger charge is -2.33. The SMILES string of the molecule is CC(C)(C)[C@H]1CCc2c(sc(N=Cc3ccc(OCc4ccccc4F)cc3)c2C#N)C1. The Balaban J connectivity index is 1.45. The maximum Gasteiger partial charge on any atom is 0.134 e. The van der Waals surface area contributed by atoms with Gasteiger partial charge in [0.2, 0.25) is 0 Å². The van der Waals surface area contributed by atoms with Gasteiger partial charge < -0.3 is 4.74 Å². The van der Waals surface area contributed by atoms with Crippen molar-refractivity contribution in [2.75, 3.05) is 0 Å². The predicted octanol–water partition coefficient (Wildman–Crippen LogP) is 7.24. The molecule has 2 aromatic carbocycles.